The molecule has 35 heavy (non-hydrogen) atoms. The van der Waals surface area contributed by atoms with Gasteiger partial charge in [-0.2, -0.15) is 0 Å². The van der Waals surface area contributed by atoms with E-state index in [2.05, 4.69) is 13.2 Å². The van der Waals surface area contributed by atoms with Crippen LogP contribution in [0, 0.1) is 11.8 Å². The molecule has 1 N–H and O–H groups in total. The van der Waals surface area contributed by atoms with Gasteiger partial charge in [-0.15, -0.1) is 24.9 Å². The molecule has 6 atom stereocenters. The van der Waals surface area contributed by atoms with E-state index in [-0.39, 0.29) is 35.6 Å². The van der Waals surface area contributed by atoms with Crippen molar-refractivity contribution < 1.29 is 19.5 Å². The molecular weight excluding hydrogens is 462 g/mol. The average Bonchev–Trinajstić information content (AvgIpc) is 3.51. The number of likely N-dealkylation sites (N-methyl/N-ethyl adjacent to an activating group) is 1. The van der Waals surface area contributed by atoms with Crippen molar-refractivity contribution in [3.05, 3.63) is 25.3 Å². The Balaban J connectivity index is 1.75. The maximum Gasteiger partial charge on any atom is 0.247 e. The van der Waals surface area contributed by atoms with Gasteiger partial charge in [0.2, 0.25) is 17.7 Å². The Morgan fingerprint density at radius 2 is 1.86 bits per heavy atom. The Bertz CT molecular complexity index is 855. The second-order valence-electron chi connectivity index (χ2n) is 10.6. The number of rotatable bonds is 10. The molecule has 4 aliphatic rings. The summed E-state index contributed by atoms with van der Waals surface area (Å²) in [6.07, 6.45) is 10.9. The van der Waals surface area contributed by atoms with Crippen LogP contribution in [0.5, 0.6) is 0 Å². The fraction of sp³-hybridized carbons (Fsp3) is 0.741. The van der Waals surface area contributed by atoms with Gasteiger partial charge in [0, 0.05) is 31.4 Å². The molecule has 4 fully saturated rings. The molecule has 7 nitrogen and oxygen atoms in total. The first-order chi connectivity index (χ1) is 16.9. The Morgan fingerprint density at radius 3 is 2.46 bits per heavy atom. The van der Waals surface area contributed by atoms with Crippen molar-refractivity contribution in [1.82, 2.24) is 14.7 Å². The number of aliphatic hydroxyl groups is 1. The smallest absolute Gasteiger partial charge is 0.247 e. The maximum absolute atomic E-state index is 14.4. The van der Waals surface area contributed by atoms with E-state index in [1.54, 1.807) is 40.8 Å². The Labute approximate surface area is 214 Å². The van der Waals surface area contributed by atoms with E-state index in [0.717, 1.165) is 38.5 Å². The molecule has 0 aromatic carbocycles. The molecule has 3 heterocycles. The highest BCUT2D eigenvalue weighted by atomic mass is 32.2. The highest BCUT2D eigenvalue weighted by Gasteiger charge is 2.74. The molecule has 0 aromatic rings. The van der Waals surface area contributed by atoms with Crippen LogP contribution >= 0.6 is 11.8 Å². The van der Waals surface area contributed by atoms with Gasteiger partial charge in [-0.25, -0.2) is 0 Å². The lowest BCUT2D eigenvalue weighted by Gasteiger charge is -2.42. The van der Waals surface area contributed by atoms with Crippen molar-refractivity contribution in [3.8, 4) is 0 Å². The fourth-order valence-corrected chi connectivity index (χ4v) is 9.30. The van der Waals surface area contributed by atoms with Crippen molar-refractivity contribution in [1.29, 1.82) is 0 Å². The Hall–Kier alpha value is -1.80. The first-order valence-electron chi connectivity index (χ1n) is 13.2. The number of hydrogen-bond donors (Lipinski definition) is 1. The number of nitrogens with zero attached hydrogens (tertiary/aromatic N) is 3. The molecule has 1 saturated carbocycles. The monoisotopic (exact) mass is 503 g/mol. The predicted octanol–water partition coefficient (Wildman–Crippen LogP) is 2.84. The summed E-state index contributed by atoms with van der Waals surface area (Å²) in [5.41, 5.74) is 0. The summed E-state index contributed by atoms with van der Waals surface area (Å²) in [5.74, 6) is -1.17. The molecule has 3 amide bonds. The summed E-state index contributed by atoms with van der Waals surface area (Å²) >= 11 is 1.70. The second-order valence-corrected chi connectivity index (χ2v) is 12.2. The fourth-order valence-electron chi connectivity index (χ4n) is 7.10. The van der Waals surface area contributed by atoms with E-state index < -0.39 is 28.7 Å². The minimum absolute atomic E-state index is 0.0276. The minimum atomic E-state index is -0.656. The van der Waals surface area contributed by atoms with Crippen molar-refractivity contribution in [2.24, 2.45) is 11.8 Å². The number of thioether (sulfide) groups is 1. The van der Waals surface area contributed by atoms with Crippen LogP contribution in [-0.4, -0.2) is 92.4 Å². The highest BCUT2D eigenvalue weighted by molar-refractivity contribution is 8.02. The molecule has 8 heteroatoms. The zero-order valence-corrected chi connectivity index (χ0v) is 22.0. The molecular formula is C27H41N3O4S. The number of carbonyl (C=O) groups is 3. The Morgan fingerprint density at radius 1 is 1.17 bits per heavy atom. The third-order valence-corrected chi connectivity index (χ3v) is 10.7. The normalized spacial score (nSPS) is 32.9. The van der Waals surface area contributed by atoms with Crippen LogP contribution in [-0.2, 0) is 14.4 Å². The number of hydrogen-bond acceptors (Lipinski definition) is 5. The maximum atomic E-state index is 14.4. The first-order valence-corrected chi connectivity index (χ1v) is 14.1. The molecule has 194 valence electrons. The first kappa shape index (κ1) is 26.3. The SMILES string of the molecule is C=CCN(C)C(=O)[C@@H]1[C@@H]2CCC3(S2)C(C(=O)N(CC=C)C2CCCCC2)N([C@@H](CC)CO)C(=O)[C@H]13. The third-order valence-electron chi connectivity index (χ3n) is 8.74. The largest absolute Gasteiger partial charge is 0.394 e. The summed E-state index contributed by atoms with van der Waals surface area (Å²) in [4.78, 5) is 47.4. The van der Waals surface area contributed by atoms with Gasteiger partial charge in [0.25, 0.3) is 0 Å². The number of fused-ring (bicyclic) bond motifs is 1. The molecule has 3 saturated heterocycles. The van der Waals surface area contributed by atoms with Gasteiger partial charge >= 0.3 is 0 Å². The summed E-state index contributed by atoms with van der Waals surface area (Å²) < 4.78 is -0.620. The van der Waals surface area contributed by atoms with Crippen LogP contribution in [0.2, 0.25) is 0 Å². The van der Waals surface area contributed by atoms with Gasteiger partial charge in [0.1, 0.15) is 6.04 Å². The summed E-state index contributed by atoms with van der Waals surface area (Å²) in [7, 11) is 1.75. The van der Waals surface area contributed by atoms with E-state index >= 15 is 0 Å². The van der Waals surface area contributed by atoms with E-state index in [9.17, 15) is 19.5 Å². The van der Waals surface area contributed by atoms with Crippen LogP contribution in [0.3, 0.4) is 0 Å². The molecule has 0 aromatic heterocycles. The number of carbonyl (C=O) groups excluding carboxylic acids is 3. The van der Waals surface area contributed by atoms with Crippen LogP contribution in [0.1, 0.15) is 58.3 Å². The van der Waals surface area contributed by atoms with E-state index in [0.29, 0.717) is 19.5 Å². The van der Waals surface area contributed by atoms with Crippen LogP contribution in [0.4, 0.5) is 0 Å². The molecule has 3 aliphatic heterocycles. The molecule has 2 bridgehead atoms. The van der Waals surface area contributed by atoms with Crippen LogP contribution in [0.15, 0.2) is 25.3 Å². The molecule has 1 aliphatic carbocycles. The second kappa shape index (κ2) is 10.7. The zero-order chi connectivity index (χ0) is 25.3. The molecule has 2 unspecified atom stereocenters. The van der Waals surface area contributed by atoms with Gasteiger partial charge in [0.15, 0.2) is 0 Å². The summed E-state index contributed by atoms with van der Waals surface area (Å²) in [5, 5.41) is 10.3. The zero-order valence-electron chi connectivity index (χ0n) is 21.2. The quantitative estimate of drug-likeness (QED) is 0.464. The summed E-state index contributed by atoms with van der Waals surface area (Å²) in [6, 6.07) is -0.943. The van der Waals surface area contributed by atoms with Crippen LogP contribution in [0.25, 0.3) is 0 Å². The van der Waals surface area contributed by atoms with E-state index in [4.69, 9.17) is 0 Å². The van der Waals surface area contributed by atoms with Crippen molar-refractivity contribution >= 4 is 29.5 Å². The number of amides is 3. The van der Waals surface area contributed by atoms with Gasteiger partial charge in [0.05, 0.1) is 29.2 Å². The average molecular weight is 504 g/mol. The van der Waals surface area contributed by atoms with Gasteiger partial charge in [-0.1, -0.05) is 38.3 Å². The molecule has 0 radical (unpaired) electrons. The Kier molecular flexibility index (Phi) is 8.01. The van der Waals surface area contributed by atoms with E-state index in [1.807, 2.05) is 11.8 Å². The van der Waals surface area contributed by atoms with Gasteiger partial charge < -0.3 is 19.8 Å². The summed E-state index contributed by atoms with van der Waals surface area (Å²) in [6.45, 7) is 10.3. The minimum Gasteiger partial charge on any atom is -0.394 e. The van der Waals surface area contributed by atoms with Gasteiger partial charge in [-0.3, -0.25) is 14.4 Å². The standard InChI is InChI=1S/C27H41N3O4S/c1-5-15-28(4)24(32)21-20-13-14-27(35-20)22(21)25(33)30(18(7-3)17-31)23(27)26(34)29(16-6-2)19-11-9-8-10-12-19/h5-6,18-23,31H,1-2,7-17H2,3-4H3/t18-,20-,21+,22-,23?,27?/m0/s1. The lowest BCUT2D eigenvalue weighted by Crippen LogP contribution is -2.59. The molecule has 1 spiro atoms. The molecule has 4 rings (SSSR count). The van der Waals surface area contributed by atoms with Gasteiger partial charge in [-0.05, 0) is 32.1 Å². The number of likely N-dealkylation sites (tertiary alicyclic amines) is 1. The van der Waals surface area contributed by atoms with Crippen molar-refractivity contribution in [3.63, 3.8) is 0 Å². The number of aliphatic hydroxyl groups excluding tert-OH is 1. The third kappa shape index (κ3) is 4.24. The lowest BCUT2D eigenvalue weighted by atomic mass is 9.70. The van der Waals surface area contributed by atoms with Crippen LogP contribution < -0.4 is 0 Å². The van der Waals surface area contributed by atoms with Crippen molar-refractivity contribution in [2.75, 3.05) is 26.7 Å². The van der Waals surface area contributed by atoms with Crippen molar-refractivity contribution in [2.45, 2.75) is 86.4 Å². The topological polar surface area (TPSA) is 81.2 Å². The lowest BCUT2D eigenvalue weighted by molar-refractivity contribution is -0.148. The highest BCUT2D eigenvalue weighted by Crippen LogP contribution is 2.67. The predicted molar refractivity (Wildman–Crippen MR) is 139 cm³/mol. The van der Waals surface area contributed by atoms with E-state index in [1.165, 1.54) is 6.42 Å².